The lowest BCUT2D eigenvalue weighted by atomic mass is 10.1. The summed E-state index contributed by atoms with van der Waals surface area (Å²) < 4.78 is 65.4. The van der Waals surface area contributed by atoms with E-state index < -0.39 is 33.7 Å². The van der Waals surface area contributed by atoms with Crippen LogP contribution in [0.4, 0.5) is 18.9 Å². The van der Waals surface area contributed by atoms with Crippen molar-refractivity contribution >= 4 is 50.7 Å². The van der Waals surface area contributed by atoms with E-state index in [1.807, 2.05) is 6.92 Å². The molecule has 0 unspecified atom stereocenters. The molecule has 0 saturated carbocycles. The van der Waals surface area contributed by atoms with Gasteiger partial charge in [-0.3, -0.25) is 13.9 Å². The minimum absolute atomic E-state index is 0.0111. The van der Waals surface area contributed by atoms with Crippen molar-refractivity contribution in [2.45, 2.75) is 64.7 Å². The van der Waals surface area contributed by atoms with Crippen LogP contribution in [-0.2, 0) is 32.3 Å². The summed E-state index contributed by atoms with van der Waals surface area (Å²) in [5.41, 5.74) is -0.690. The molecule has 0 saturated heterocycles. The second kappa shape index (κ2) is 14.9. The quantitative estimate of drug-likeness (QED) is 0.251. The van der Waals surface area contributed by atoms with Gasteiger partial charge in [-0.2, -0.15) is 13.2 Å². The Morgan fingerprint density at radius 3 is 2.20 bits per heavy atom. The predicted molar refractivity (Wildman–Crippen MR) is 152 cm³/mol. The van der Waals surface area contributed by atoms with Crippen LogP contribution in [0.25, 0.3) is 0 Å². The average molecular weight is 625 g/mol. The standard InChI is InChI=1S/C27H34Cl2F3N3O4S/c1-4-6-15-33-26(37)24(5-2)34(18-21-22(28)12-8-13-23(21)29)25(36)14-9-16-35(40(3,38)39)20-11-7-10-19(17-20)27(30,31)32/h7-8,10-13,17,24H,4-6,9,14-16,18H2,1-3H3,(H,33,37)/t24-/m1/s1. The maximum absolute atomic E-state index is 13.5. The first-order valence-electron chi connectivity index (χ1n) is 12.9. The molecular weight excluding hydrogens is 590 g/mol. The highest BCUT2D eigenvalue weighted by atomic mass is 35.5. The summed E-state index contributed by atoms with van der Waals surface area (Å²) in [5, 5.41) is 3.48. The van der Waals surface area contributed by atoms with Crippen LogP contribution in [-0.4, -0.2) is 50.5 Å². The van der Waals surface area contributed by atoms with E-state index in [2.05, 4.69) is 5.32 Å². The Labute approximate surface area is 243 Å². The van der Waals surface area contributed by atoms with Gasteiger partial charge in [-0.1, -0.05) is 55.6 Å². The maximum Gasteiger partial charge on any atom is 0.416 e. The van der Waals surface area contributed by atoms with Crippen molar-refractivity contribution in [1.82, 2.24) is 10.2 Å². The van der Waals surface area contributed by atoms with Crippen molar-refractivity contribution in [3.8, 4) is 0 Å². The molecule has 2 amide bonds. The first kappa shape index (κ1) is 33.7. The van der Waals surface area contributed by atoms with Gasteiger partial charge in [-0.15, -0.1) is 0 Å². The van der Waals surface area contributed by atoms with E-state index in [-0.39, 0.29) is 37.5 Å². The zero-order valence-electron chi connectivity index (χ0n) is 22.6. The first-order chi connectivity index (χ1) is 18.7. The summed E-state index contributed by atoms with van der Waals surface area (Å²) in [6, 6.07) is 8.04. The van der Waals surface area contributed by atoms with Gasteiger partial charge in [0.05, 0.1) is 17.5 Å². The second-order valence-electron chi connectivity index (χ2n) is 9.28. The fourth-order valence-corrected chi connectivity index (χ4v) is 5.59. The Morgan fingerprint density at radius 2 is 1.65 bits per heavy atom. The molecule has 7 nitrogen and oxygen atoms in total. The van der Waals surface area contributed by atoms with Crippen molar-refractivity contribution < 1.29 is 31.2 Å². The Morgan fingerprint density at radius 1 is 1.02 bits per heavy atom. The van der Waals surface area contributed by atoms with Crippen molar-refractivity contribution in [3.63, 3.8) is 0 Å². The minimum Gasteiger partial charge on any atom is -0.354 e. The Balaban J connectivity index is 2.29. The van der Waals surface area contributed by atoms with Crippen LogP contribution in [0.3, 0.4) is 0 Å². The summed E-state index contributed by atoms with van der Waals surface area (Å²) in [7, 11) is -3.96. The molecule has 40 heavy (non-hydrogen) atoms. The summed E-state index contributed by atoms with van der Waals surface area (Å²) >= 11 is 12.7. The topological polar surface area (TPSA) is 86.8 Å². The van der Waals surface area contributed by atoms with E-state index in [1.54, 1.807) is 25.1 Å². The number of halogens is 5. The first-order valence-corrected chi connectivity index (χ1v) is 15.5. The fourth-order valence-electron chi connectivity index (χ4n) is 4.12. The zero-order valence-corrected chi connectivity index (χ0v) is 24.9. The van der Waals surface area contributed by atoms with Crippen LogP contribution >= 0.6 is 23.2 Å². The fraction of sp³-hybridized carbons (Fsp3) is 0.481. The number of carbonyl (C=O) groups excluding carboxylic acids is 2. The van der Waals surface area contributed by atoms with Crippen LogP contribution in [0.1, 0.15) is 57.1 Å². The molecule has 13 heteroatoms. The monoisotopic (exact) mass is 623 g/mol. The van der Waals surface area contributed by atoms with Crippen LogP contribution in [0.5, 0.6) is 0 Å². The van der Waals surface area contributed by atoms with Gasteiger partial charge >= 0.3 is 6.18 Å². The third-order valence-electron chi connectivity index (χ3n) is 6.22. The summed E-state index contributed by atoms with van der Waals surface area (Å²) in [5.74, 6) is -0.792. The van der Waals surface area contributed by atoms with Gasteiger partial charge in [0, 0.05) is 41.7 Å². The molecule has 0 spiro atoms. The van der Waals surface area contributed by atoms with Gasteiger partial charge in [0.25, 0.3) is 0 Å². The van der Waals surface area contributed by atoms with E-state index >= 15 is 0 Å². The highest BCUT2D eigenvalue weighted by molar-refractivity contribution is 7.92. The largest absolute Gasteiger partial charge is 0.416 e. The van der Waals surface area contributed by atoms with Crippen molar-refractivity contribution in [1.29, 1.82) is 0 Å². The van der Waals surface area contributed by atoms with Crippen molar-refractivity contribution in [2.75, 3.05) is 23.7 Å². The highest BCUT2D eigenvalue weighted by Crippen LogP contribution is 2.32. The molecule has 0 fully saturated rings. The van der Waals surface area contributed by atoms with Crippen molar-refractivity contribution in [3.05, 3.63) is 63.6 Å². The summed E-state index contributed by atoms with van der Waals surface area (Å²) in [6.45, 7) is 3.89. The smallest absolute Gasteiger partial charge is 0.354 e. The van der Waals surface area contributed by atoms with Crippen LogP contribution in [0, 0.1) is 0 Å². The number of amides is 2. The van der Waals surface area contributed by atoms with Gasteiger partial charge in [0.1, 0.15) is 6.04 Å². The highest BCUT2D eigenvalue weighted by Gasteiger charge is 2.32. The SMILES string of the molecule is CCCCNC(=O)[C@@H](CC)N(Cc1c(Cl)cccc1Cl)C(=O)CCCN(c1cccc(C(F)(F)F)c1)S(C)(=O)=O. The number of alkyl halides is 3. The van der Waals surface area contributed by atoms with Crippen LogP contribution < -0.4 is 9.62 Å². The van der Waals surface area contributed by atoms with Crippen LogP contribution in [0.2, 0.25) is 10.0 Å². The molecule has 0 aliphatic carbocycles. The number of rotatable bonds is 14. The molecule has 1 N–H and O–H groups in total. The molecule has 0 aliphatic rings. The lowest BCUT2D eigenvalue weighted by Gasteiger charge is -2.31. The van der Waals surface area contributed by atoms with E-state index in [0.29, 0.717) is 28.6 Å². The number of anilines is 1. The number of hydrogen-bond acceptors (Lipinski definition) is 4. The number of benzene rings is 2. The lowest BCUT2D eigenvalue weighted by molar-refractivity contribution is -0.141. The van der Waals surface area contributed by atoms with Gasteiger partial charge in [-0.25, -0.2) is 8.42 Å². The zero-order chi connectivity index (χ0) is 30.1. The Kier molecular flexibility index (Phi) is 12.6. The number of nitrogens with one attached hydrogen (secondary N) is 1. The number of sulfonamides is 1. The molecule has 0 bridgehead atoms. The maximum atomic E-state index is 13.5. The van der Waals surface area contributed by atoms with Crippen LogP contribution in [0.15, 0.2) is 42.5 Å². The molecule has 2 aromatic carbocycles. The van der Waals surface area contributed by atoms with Gasteiger partial charge in [0.2, 0.25) is 21.8 Å². The normalized spacial score (nSPS) is 12.6. The molecule has 0 aromatic heterocycles. The van der Waals surface area contributed by atoms with E-state index in [1.165, 1.54) is 11.0 Å². The van der Waals surface area contributed by atoms with Gasteiger partial charge < -0.3 is 10.2 Å². The molecule has 0 radical (unpaired) electrons. The summed E-state index contributed by atoms with van der Waals surface area (Å²) in [6.07, 6.45) is -2.02. The van der Waals surface area contributed by atoms with Crippen molar-refractivity contribution in [2.24, 2.45) is 0 Å². The predicted octanol–water partition coefficient (Wildman–Crippen LogP) is 6.28. The number of unbranched alkanes of at least 4 members (excludes halogenated alkanes) is 1. The third kappa shape index (κ3) is 9.55. The molecular formula is C27H34Cl2F3N3O4S. The van der Waals surface area contributed by atoms with Gasteiger partial charge in [-0.05, 0) is 49.6 Å². The number of hydrogen-bond donors (Lipinski definition) is 1. The lowest BCUT2D eigenvalue weighted by Crippen LogP contribution is -2.49. The van der Waals surface area contributed by atoms with E-state index in [9.17, 15) is 31.2 Å². The number of nitrogens with zero attached hydrogens (tertiary/aromatic N) is 2. The Hall–Kier alpha value is -2.50. The van der Waals surface area contributed by atoms with E-state index in [4.69, 9.17) is 23.2 Å². The molecule has 0 heterocycles. The van der Waals surface area contributed by atoms with Gasteiger partial charge in [0.15, 0.2) is 0 Å². The summed E-state index contributed by atoms with van der Waals surface area (Å²) in [4.78, 5) is 27.9. The number of carbonyl (C=O) groups is 2. The van der Waals surface area contributed by atoms with E-state index in [0.717, 1.165) is 41.6 Å². The molecule has 1 atom stereocenters. The Bertz CT molecular complexity index is 1260. The molecule has 2 rings (SSSR count). The third-order valence-corrected chi connectivity index (χ3v) is 8.12. The molecule has 222 valence electrons. The minimum atomic E-state index is -4.65. The molecule has 0 aliphatic heterocycles. The second-order valence-corrected chi connectivity index (χ2v) is 12.0. The molecule has 2 aromatic rings. The average Bonchev–Trinajstić information content (AvgIpc) is 2.87.